The molecule has 6 heteroatoms. The number of rotatable bonds is 3. The van der Waals surface area contributed by atoms with E-state index in [4.69, 9.17) is 0 Å². The van der Waals surface area contributed by atoms with Gasteiger partial charge in [-0.2, -0.15) is 0 Å². The van der Waals surface area contributed by atoms with Crippen molar-refractivity contribution in [1.82, 2.24) is 9.97 Å². The molecule has 0 aliphatic heterocycles. The first-order valence-corrected chi connectivity index (χ1v) is 6.48. The molecule has 0 saturated heterocycles. The highest BCUT2D eigenvalue weighted by molar-refractivity contribution is 9.10. The number of nitrogens with zero attached hydrogens (tertiary/aromatic N) is 2. The number of carbonyl (C=O) groups excluding carboxylic acids is 1. The van der Waals surface area contributed by atoms with E-state index in [2.05, 4.69) is 36.5 Å². The SMILES string of the molecule is CNc1ncc(Br)cc1C(=O)Nc1cccc(C)n1. The molecule has 2 heterocycles. The molecule has 5 nitrogen and oxygen atoms in total. The van der Waals surface area contributed by atoms with Crippen molar-refractivity contribution in [3.05, 3.63) is 46.2 Å². The van der Waals surface area contributed by atoms with Gasteiger partial charge in [-0.3, -0.25) is 4.79 Å². The molecule has 0 atom stereocenters. The van der Waals surface area contributed by atoms with E-state index in [0.29, 0.717) is 17.2 Å². The van der Waals surface area contributed by atoms with Crippen molar-refractivity contribution in [2.24, 2.45) is 0 Å². The van der Waals surface area contributed by atoms with Crippen LogP contribution in [0.3, 0.4) is 0 Å². The Kier molecular flexibility index (Phi) is 4.11. The van der Waals surface area contributed by atoms with Crippen molar-refractivity contribution in [1.29, 1.82) is 0 Å². The maximum Gasteiger partial charge on any atom is 0.260 e. The summed E-state index contributed by atoms with van der Waals surface area (Å²) in [5.41, 5.74) is 1.30. The number of aryl methyl sites for hydroxylation is 1. The second-order valence-corrected chi connectivity index (χ2v) is 4.83. The number of hydrogen-bond acceptors (Lipinski definition) is 4. The van der Waals surface area contributed by atoms with Crippen LogP contribution in [0.5, 0.6) is 0 Å². The van der Waals surface area contributed by atoms with Crippen LogP contribution in [-0.2, 0) is 0 Å². The Balaban J connectivity index is 2.27. The first-order valence-electron chi connectivity index (χ1n) is 5.68. The third kappa shape index (κ3) is 3.29. The lowest BCUT2D eigenvalue weighted by Gasteiger charge is -2.09. The van der Waals surface area contributed by atoms with Gasteiger partial charge in [-0.1, -0.05) is 6.07 Å². The second kappa shape index (κ2) is 5.79. The number of amides is 1. The molecule has 2 aromatic heterocycles. The quantitative estimate of drug-likeness (QED) is 0.912. The summed E-state index contributed by atoms with van der Waals surface area (Å²) in [6.45, 7) is 1.87. The van der Waals surface area contributed by atoms with Crippen LogP contribution in [-0.4, -0.2) is 22.9 Å². The average Bonchev–Trinajstić information content (AvgIpc) is 2.38. The second-order valence-electron chi connectivity index (χ2n) is 3.92. The van der Waals surface area contributed by atoms with Gasteiger partial charge < -0.3 is 10.6 Å². The minimum absolute atomic E-state index is 0.253. The third-order valence-electron chi connectivity index (χ3n) is 2.47. The molecule has 0 bridgehead atoms. The normalized spacial score (nSPS) is 10.1. The molecule has 0 saturated carbocycles. The Morgan fingerprint density at radius 2 is 2.16 bits per heavy atom. The number of pyridine rings is 2. The molecule has 2 N–H and O–H groups in total. The van der Waals surface area contributed by atoms with Crippen molar-refractivity contribution >= 4 is 33.5 Å². The zero-order valence-electron chi connectivity index (χ0n) is 10.6. The lowest BCUT2D eigenvalue weighted by Crippen LogP contribution is -2.15. The summed E-state index contributed by atoms with van der Waals surface area (Å²) in [5, 5.41) is 5.64. The maximum absolute atomic E-state index is 12.2. The predicted octanol–water partition coefficient (Wildman–Crippen LogP) is 2.84. The smallest absolute Gasteiger partial charge is 0.260 e. The van der Waals surface area contributed by atoms with Gasteiger partial charge in [0.1, 0.15) is 11.6 Å². The van der Waals surface area contributed by atoms with E-state index in [9.17, 15) is 4.79 Å². The lowest BCUT2D eigenvalue weighted by atomic mass is 10.2. The van der Waals surface area contributed by atoms with Crippen molar-refractivity contribution in [3.63, 3.8) is 0 Å². The van der Waals surface area contributed by atoms with E-state index in [1.807, 2.05) is 19.1 Å². The number of carbonyl (C=O) groups is 1. The Morgan fingerprint density at radius 1 is 1.37 bits per heavy atom. The van der Waals surface area contributed by atoms with Gasteiger partial charge in [0.05, 0.1) is 5.56 Å². The molecule has 0 fully saturated rings. The Morgan fingerprint density at radius 3 is 2.84 bits per heavy atom. The summed E-state index contributed by atoms with van der Waals surface area (Å²) < 4.78 is 0.744. The van der Waals surface area contributed by atoms with Crippen molar-refractivity contribution in [2.45, 2.75) is 6.92 Å². The van der Waals surface area contributed by atoms with Crippen LogP contribution in [0.2, 0.25) is 0 Å². The molecular weight excluding hydrogens is 308 g/mol. The number of hydrogen-bond donors (Lipinski definition) is 2. The lowest BCUT2D eigenvalue weighted by molar-refractivity contribution is 0.102. The zero-order chi connectivity index (χ0) is 13.8. The Hall–Kier alpha value is -1.95. The van der Waals surface area contributed by atoms with Crippen LogP contribution < -0.4 is 10.6 Å². The van der Waals surface area contributed by atoms with E-state index >= 15 is 0 Å². The molecule has 0 aliphatic carbocycles. The summed E-state index contributed by atoms with van der Waals surface area (Å²) in [5.74, 6) is 0.789. The summed E-state index contributed by atoms with van der Waals surface area (Å²) in [7, 11) is 1.72. The fraction of sp³-hybridized carbons (Fsp3) is 0.154. The zero-order valence-corrected chi connectivity index (χ0v) is 12.2. The first-order chi connectivity index (χ1) is 9.10. The van der Waals surface area contributed by atoms with Crippen molar-refractivity contribution < 1.29 is 4.79 Å². The molecule has 1 amide bonds. The third-order valence-corrected chi connectivity index (χ3v) is 2.90. The van der Waals surface area contributed by atoms with E-state index in [0.717, 1.165) is 10.2 Å². The molecule has 0 unspecified atom stereocenters. The van der Waals surface area contributed by atoms with E-state index < -0.39 is 0 Å². The number of aromatic nitrogens is 2. The fourth-order valence-corrected chi connectivity index (χ4v) is 1.94. The van der Waals surface area contributed by atoms with Gasteiger partial charge in [0.2, 0.25) is 0 Å². The highest BCUT2D eigenvalue weighted by atomic mass is 79.9. The summed E-state index contributed by atoms with van der Waals surface area (Å²) in [6, 6.07) is 7.17. The van der Waals surface area contributed by atoms with Gasteiger partial charge in [0, 0.05) is 23.4 Å². The fourth-order valence-electron chi connectivity index (χ4n) is 1.61. The monoisotopic (exact) mass is 320 g/mol. The molecule has 19 heavy (non-hydrogen) atoms. The van der Waals surface area contributed by atoms with Crippen LogP contribution in [0.25, 0.3) is 0 Å². The molecule has 98 valence electrons. The van der Waals surface area contributed by atoms with Gasteiger partial charge in [0.25, 0.3) is 5.91 Å². The largest absolute Gasteiger partial charge is 0.372 e. The van der Waals surface area contributed by atoms with E-state index in [-0.39, 0.29) is 5.91 Å². The number of nitrogens with one attached hydrogen (secondary N) is 2. The highest BCUT2D eigenvalue weighted by Crippen LogP contribution is 2.19. The minimum atomic E-state index is -0.253. The Labute approximate surface area is 119 Å². The summed E-state index contributed by atoms with van der Waals surface area (Å²) in [6.07, 6.45) is 1.63. The highest BCUT2D eigenvalue weighted by Gasteiger charge is 2.13. The van der Waals surface area contributed by atoms with Crippen molar-refractivity contribution in [2.75, 3.05) is 17.7 Å². The van der Waals surface area contributed by atoms with Crippen LogP contribution in [0.15, 0.2) is 34.9 Å². The van der Waals surface area contributed by atoms with Crippen LogP contribution in [0.4, 0.5) is 11.6 Å². The van der Waals surface area contributed by atoms with Crippen LogP contribution in [0, 0.1) is 6.92 Å². The predicted molar refractivity (Wildman–Crippen MR) is 78.4 cm³/mol. The first kappa shape index (κ1) is 13.5. The number of anilines is 2. The maximum atomic E-state index is 12.2. The number of halogens is 1. The van der Waals surface area contributed by atoms with Crippen LogP contribution >= 0.6 is 15.9 Å². The van der Waals surface area contributed by atoms with E-state index in [1.54, 1.807) is 25.4 Å². The van der Waals surface area contributed by atoms with Crippen LogP contribution in [0.1, 0.15) is 16.1 Å². The standard InChI is InChI=1S/C13H13BrN4O/c1-8-4-3-5-11(17-8)18-13(19)10-6-9(14)7-16-12(10)15-2/h3-7H,1-2H3,(H,15,16)(H,17,18,19). The van der Waals surface area contributed by atoms with Gasteiger partial charge >= 0.3 is 0 Å². The average molecular weight is 321 g/mol. The Bertz CT molecular complexity index is 615. The molecule has 0 radical (unpaired) electrons. The van der Waals surface area contributed by atoms with Gasteiger partial charge in [-0.05, 0) is 41.1 Å². The topological polar surface area (TPSA) is 66.9 Å². The van der Waals surface area contributed by atoms with Gasteiger partial charge in [0.15, 0.2) is 0 Å². The summed E-state index contributed by atoms with van der Waals surface area (Å²) >= 11 is 3.30. The van der Waals surface area contributed by atoms with Crippen molar-refractivity contribution in [3.8, 4) is 0 Å². The molecule has 2 aromatic rings. The van der Waals surface area contributed by atoms with Gasteiger partial charge in [-0.25, -0.2) is 9.97 Å². The summed E-state index contributed by atoms with van der Waals surface area (Å²) in [4.78, 5) is 20.6. The molecular formula is C13H13BrN4O. The molecule has 0 aliphatic rings. The molecule has 2 rings (SSSR count). The molecule has 0 spiro atoms. The van der Waals surface area contributed by atoms with Gasteiger partial charge in [-0.15, -0.1) is 0 Å². The molecule has 0 aromatic carbocycles. The minimum Gasteiger partial charge on any atom is -0.372 e. The van der Waals surface area contributed by atoms with E-state index in [1.165, 1.54) is 0 Å².